The standard InChI is InChI=1S/C90H90O20/c1-6-96-81(91)56-106-86-66-36-68-43-77(102-52-62-28-18-12-19-29-62)45-70(87(68)107-57-82(92)97-7-2)38-72-47-79(104-54-64-32-22-14-23-33-64)49-74(89(72)109-59-84(94)99-9-4)40-75-50-80(105-55-65-34-24-15-25-35-65)48-73(90(75)110-60-85(95)100-10-5)39-71-46-78(103-53-63-30-20-13-21-31-63)44-69(88(71)108-58-83(93)98-8-3)37-67(86)42-76(41-66)101-51-61-26-16-11-17-27-61/h11-35,41-50H,6-10,36-40,51-60H2,1-5H3. The fourth-order valence-corrected chi connectivity index (χ4v) is 12.7. The average Bonchev–Trinajstić information content (AvgIpc) is 0.777. The van der Waals surface area contributed by atoms with Gasteiger partial charge in [0.05, 0.1) is 33.0 Å². The summed E-state index contributed by atoms with van der Waals surface area (Å²) >= 11 is 0. The van der Waals surface area contributed by atoms with E-state index in [0.717, 1.165) is 27.8 Å². The molecule has 0 aromatic heterocycles. The predicted molar refractivity (Wildman–Crippen MR) is 411 cm³/mol. The highest BCUT2D eigenvalue weighted by molar-refractivity contribution is 5.74. The highest BCUT2D eigenvalue weighted by Gasteiger charge is 2.29. The van der Waals surface area contributed by atoms with Gasteiger partial charge in [-0.15, -0.1) is 0 Å². The Balaban J connectivity index is 1.27. The van der Waals surface area contributed by atoms with Crippen LogP contribution >= 0.6 is 0 Å². The van der Waals surface area contributed by atoms with E-state index >= 15 is 0 Å². The highest BCUT2D eigenvalue weighted by atomic mass is 16.6. The van der Waals surface area contributed by atoms with E-state index in [4.69, 9.17) is 71.1 Å². The smallest absolute Gasteiger partial charge is 0.344 e. The van der Waals surface area contributed by atoms with Gasteiger partial charge in [-0.05, 0) is 123 Å². The van der Waals surface area contributed by atoms with Crippen LogP contribution in [0.2, 0.25) is 0 Å². The number of carbonyl (C=O) groups is 5. The first-order valence-corrected chi connectivity index (χ1v) is 36.8. The normalized spacial score (nSPS) is 11.5. The zero-order chi connectivity index (χ0) is 76.8. The van der Waals surface area contributed by atoms with Gasteiger partial charge in [0, 0.05) is 87.7 Å². The molecule has 20 heteroatoms. The molecule has 0 unspecified atom stereocenters. The lowest BCUT2D eigenvalue weighted by Gasteiger charge is -2.24. The first kappa shape index (κ1) is 78.6. The van der Waals surface area contributed by atoms with Gasteiger partial charge in [0.1, 0.15) is 90.5 Å². The molecule has 1 aliphatic rings. The van der Waals surface area contributed by atoms with E-state index in [1.165, 1.54) is 0 Å². The molecular formula is C90H90O20. The second kappa shape index (κ2) is 40.5. The van der Waals surface area contributed by atoms with Crippen molar-refractivity contribution < 1.29 is 95.0 Å². The summed E-state index contributed by atoms with van der Waals surface area (Å²) in [7, 11) is 0. The van der Waals surface area contributed by atoms with Gasteiger partial charge in [-0.2, -0.15) is 0 Å². The Kier molecular flexibility index (Phi) is 28.9. The summed E-state index contributed by atoms with van der Waals surface area (Å²) in [5, 5.41) is 0. The zero-order valence-electron chi connectivity index (χ0n) is 62.5. The summed E-state index contributed by atoms with van der Waals surface area (Å²) in [4.78, 5) is 69.3. The van der Waals surface area contributed by atoms with Gasteiger partial charge >= 0.3 is 29.8 Å². The van der Waals surface area contributed by atoms with Crippen LogP contribution in [-0.2, 0) is 113 Å². The molecule has 0 saturated heterocycles. The quantitative estimate of drug-likeness (QED) is 0.0266. The van der Waals surface area contributed by atoms with Crippen molar-refractivity contribution >= 4 is 29.8 Å². The maximum atomic E-state index is 13.9. The molecule has 0 radical (unpaired) electrons. The molecule has 110 heavy (non-hydrogen) atoms. The number of esters is 5. The van der Waals surface area contributed by atoms with E-state index in [-0.39, 0.29) is 127 Å². The maximum absolute atomic E-state index is 13.9. The third-order valence-electron chi connectivity index (χ3n) is 17.4. The Hall–Kier alpha value is -12.5. The van der Waals surface area contributed by atoms with Crippen LogP contribution in [-0.4, -0.2) is 95.9 Å². The fourth-order valence-electron chi connectivity index (χ4n) is 12.7. The minimum absolute atomic E-state index is 0.0470. The van der Waals surface area contributed by atoms with Crippen LogP contribution in [0.5, 0.6) is 57.5 Å². The molecule has 570 valence electrons. The first-order chi connectivity index (χ1) is 53.8. The van der Waals surface area contributed by atoms with Gasteiger partial charge < -0.3 is 71.1 Å². The van der Waals surface area contributed by atoms with Gasteiger partial charge in [0.15, 0.2) is 33.0 Å². The Morgan fingerprint density at radius 2 is 0.364 bits per heavy atom. The molecule has 1 aliphatic carbocycles. The summed E-state index contributed by atoms with van der Waals surface area (Å²) in [6.07, 6.45) is -0.235. The molecule has 0 aliphatic heterocycles. The number of carbonyl (C=O) groups excluding carboxylic acids is 5. The number of fused-ring (bicyclic) bond motifs is 10. The summed E-state index contributed by atoms with van der Waals surface area (Å²) in [6, 6.07) is 66.6. The van der Waals surface area contributed by atoms with Crippen LogP contribution in [0.3, 0.4) is 0 Å². The average molecular weight is 1490 g/mol. The Morgan fingerprint density at radius 3 is 0.500 bits per heavy atom. The molecule has 0 fully saturated rings. The number of ether oxygens (including phenoxy) is 15. The summed E-state index contributed by atoms with van der Waals surface area (Å²) < 4.78 is 96.3. The number of hydrogen-bond acceptors (Lipinski definition) is 20. The van der Waals surface area contributed by atoms with Crippen molar-refractivity contribution in [2.45, 2.75) is 99.8 Å². The van der Waals surface area contributed by atoms with Crippen LogP contribution in [0.15, 0.2) is 212 Å². The van der Waals surface area contributed by atoms with Crippen molar-refractivity contribution in [2.24, 2.45) is 0 Å². The number of rotatable bonds is 35. The van der Waals surface area contributed by atoms with Crippen molar-refractivity contribution in [3.05, 3.63) is 296 Å². The molecule has 10 bridgehead atoms. The third-order valence-corrected chi connectivity index (χ3v) is 17.4. The van der Waals surface area contributed by atoms with Crippen molar-refractivity contribution in [2.75, 3.05) is 66.1 Å². The molecule has 0 spiro atoms. The number of hydrogen-bond donors (Lipinski definition) is 0. The van der Waals surface area contributed by atoms with E-state index in [9.17, 15) is 24.0 Å². The summed E-state index contributed by atoms with van der Waals surface area (Å²) in [5.74, 6) is -0.236. The molecule has 0 saturated carbocycles. The Labute approximate surface area is 640 Å². The largest absolute Gasteiger partial charge is 0.489 e. The molecule has 0 N–H and O–H groups in total. The van der Waals surface area contributed by atoms with E-state index in [2.05, 4.69) is 0 Å². The predicted octanol–water partition coefficient (Wildman–Crippen LogP) is 15.6. The van der Waals surface area contributed by atoms with Crippen LogP contribution in [0.1, 0.15) is 118 Å². The van der Waals surface area contributed by atoms with Crippen LogP contribution < -0.4 is 47.4 Å². The van der Waals surface area contributed by atoms with Crippen LogP contribution in [0, 0.1) is 0 Å². The van der Waals surface area contributed by atoms with Crippen molar-refractivity contribution in [1.82, 2.24) is 0 Å². The topological polar surface area (TPSA) is 224 Å². The lowest BCUT2D eigenvalue weighted by atomic mass is 9.90. The fraction of sp³-hybridized carbons (Fsp3) is 0.278. The molecule has 0 amide bonds. The molecule has 0 heterocycles. The summed E-state index contributed by atoms with van der Waals surface area (Å²) in [6.45, 7) is 6.70. The van der Waals surface area contributed by atoms with Crippen molar-refractivity contribution in [3.63, 3.8) is 0 Å². The monoisotopic (exact) mass is 1490 g/mol. The number of benzene rings is 10. The lowest BCUT2D eigenvalue weighted by Crippen LogP contribution is -2.19. The Morgan fingerprint density at radius 1 is 0.218 bits per heavy atom. The Bertz CT molecular complexity index is 3900. The minimum atomic E-state index is -0.657. The maximum Gasteiger partial charge on any atom is 0.344 e. The van der Waals surface area contributed by atoms with Gasteiger partial charge in [0.25, 0.3) is 0 Å². The second-order valence-electron chi connectivity index (χ2n) is 25.6. The zero-order valence-corrected chi connectivity index (χ0v) is 62.5. The van der Waals surface area contributed by atoms with E-state index in [1.807, 2.05) is 212 Å². The lowest BCUT2D eigenvalue weighted by molar-refractivity contribution is -0.146. The molecular weight excluding hydrogens is 1400 g/mol. The van der Waals surface area contributed by atoms with Gasteiger partial charge in [-0.25, -0.2) is 24.0 Å². The van der Waals surface area contributed by atoms with Gasteiger partial charge in [-0.1, -0.05) is 152 Å². The third kappa shape index (κ3) is 23.0. The van der Waals surface area contributed by atoms with E-state index in [0.29, 0.717) is 84.4 Å². The molecule has 20 nitrogen and oxygen atoms in total. The molecule has 0 atom stereocenters. The van der Waals surface area contributed by atoms with Gasteiger partial charge in [0.2, 0.25) is 0 Å². The molecule has 11 rings (SSSR count). The SMILES string of the molecule is CCOC(=O)COc1c2cc(OCc3ccccc3)cc1Cc1cc(OCc3ccccc3)cc(c1OCC(=O)OCC)Cc1cc(OCc3ccccc3)cc(c1OCC(=O)OCC)Cc1cc(OCc3ccccc3)cc(c1OCC(=O)OCC)Cc1cc(OCc3ccccc3)cc(c1OCC(=O)OCC)C2. The van der Waals surface area contributed by atoms with Crippen molar-refractivity contribution in [1.29, 1.82) is 0 Å². The van der Waals surface area contributed by atoms with Gasteiger partial charge in [-0.3, -0.25) is 0 Å². The second-order valence-corrected chi connectivity index (χ2v) is 25.6. The van der Waals surface area contributed by atoms with Crippen LogP contribution in [0.25, 0.3) is 0 Å². The molecule has 10 aromatic carbocycles. The van der Waals surface area contributed by atoms with E-state index in [1.54, 1.807) is 34.6 Å². The molecule has 10 aromatic rings. The first-order valence-electron chi connectivity index (χ1n) is 36.8. The summed E-state index contributed by atoms with van der Waals surface area (Å²) in [5.41, 5.74) is 9.06. The minimum Gasteiger partial charge on any atom is -0.489 e. The highest BCUT2D eigenvalue weighted by Crippen LogP contribution is 2.45. The van der Waals surface area contributed by atoms with Crippen LogP contribution in [0.4, 0.5) is 0 Å². The van der Waals surface area contributed by atoms with Crippen molar-refractivity contribution in [3.8, 4) is 57.5 Å². The van der Waals surface area contributed by atoms with E-state index < -0.39 is 62.9 Å².